The van der Waals surface area contributed by atoms with E-state index in [-0.39, 0.29) is 0 Å². The quantitative estimate of drug-likeness (QED) is 0.875. The molecule has 0 aliphatic heterocycles. The molecule has 0 bridgehead atoms. The van der Waals surface area contributed by atoms with Crippen LogP contribution in [0.25, 0.3) is 0 Å². The van der Waals surface area contributed by atoms with Crippen LogP contribution in [0.2, 0.25) is 0 Å². The van der Waals surface area contributed by atoms with E-state index in [1.165, 1.54) is 6.42 Å². The summed E-state index contributed by atoms with van der Waals surface area (Å²) in [5.41, 5.74) is 0.931. The number of hydrogen-bond donors (Lipinski definition) is 1. The van der Waals surface area contributed by atoms with Gasteiger partial charge in [0.05, 0.1) is 16.8 Å². The van der Waals surface area contributed by atoms with Crippen molar-refractivity contribution >= 4 is 21.7 Å². The zero-order valence-corrected chi connectivity index (χ0v) is 12.7. The van der Waals surface area contributed by atoms with Crippen molar-refractivity contribution in [2.45, 2.75) is 39.2 Å². The van der Waals surface area contributed by atoms with Crippen LogP contribution in [0, 0.1) is 5.92 Å². The number of rotatable bonds is 6. The molecule has 5 heteroatoms. The van der Waals surface area contributed by atoms with Crippen LogP contribution < -0.4 is 5.32 Å². The minimum atomic E-state index is 0.512. The molecule has 4 nitrogen and oxygen atoms in total. The molecule has 0 amide bonds. The van der Waals surface area contributed by atoms with Crippen molar-refractivity contribution in [2.24, 2.45) is 5.92 Å². The molecule has 1 fully saturated rings. The topological polar surface area (TPSA) is 47.0 Å². The highest BCUT2D eigenvalue weighted by Crippen LogP contribution is 2.46. The van der Waals surface area contributed by atoms with Crippen LogP contribution in [-0.4, -0.2) is 23.6 Å². The summed E-state index contributed by atoms with van der Waals surface area (Å²) in [5.74, 6) is 3.08. The van der Waals surface area contributed by atoms with Gasteiger partial charge in [0, 0.05) is 19.6 Å². The van der Waals surface area contributed by atoms with Gasteiger partial charge < -0.3 is 10.1 Å². The molecule has 100 valence electrons. The van der Waals surface area contributed by atoms with Crippen molar-refractivity contribution in [3.63, 3.8) is 0 Å². The Kier molecular flexibility index (Phi) is 4.56. The summed E-state index contributed by atoms with van der Waals surface area (Å²) >= 11 is 3.56. The Hall–Kier alpha value is -0.680. The summed E-state index contributed by atoms with van der Waals surface area (Å²) in [4.78, 5) is 9.26. The van der Waals surface area contributed by atoms with Gasteiger partial charge in [0.15, 0.2) is 0 Å². The fraction of sp³-hybridized carbons (Fsp3) is 0.692. The largest absolute Gasteiger partial charge is 0.378 e. The molecule has 1 heterocycles. The second-order valence-electron chi connectivity index (χ2n) is 4.87. The molecule has 1 aliphatic carbocycles. The number of nitrogens with one attached hydrogen (secondary N) is 1. The Morgan fingerprint density at radius 1 is 1.44 bits per heavy atom. The zero-order chi connectivity index (χ0) is 13.1. The van der Waals surface area contributed by atoms with Gasteiger partial charge in [-0.1, -0.05) is 13.8 Å². The highest BCUT2D eigenvalue weighted by Gasteiger charge is 2.37. The number of methoxy groups -OCH3 is 1. The molecule has 0 saturated heterocycles. The van der Waals surface area contributed by atoms with Crippen molar-refractivity contribution in [2.75, 3.05) is 19.0 Å². The van der Waals surface area contributed by atoms with Gasteiger partial charge in [-0.3, -0.25) is 0 Å². The normalized spacial score (nSPS) is 22.0. The third-order valence-electron chi connectivity index (χ3n) is 3.20. The summed E-state index contributed by atoms with van der Waals surface area (Å²) in [6.07, 6.45) is 2.27. The maximum Gasteiger partial charge on any atom is 0.144 e. The number of nitrogens with zero attached hydrogens (tertiary/aromatic N) is 2. The monoisotopic (exact) mass is 313 g/mol. The summed E-state index contributed by atoms with van der Waals surface area (Å²) in [6, 6.07) is 0. The van der Waals surface area contributed by atoms with Crippen molar-refractivity contribution < 1.29 is 4.74 Å². The summed E-state index contributed by atoms with van der Waals surface area (Å²) in [6.45, 7) is 5.81. The molecule has 2 unspecified atom stereocenters. The SMILES string of the molecule is CCCNc1nc(C2CC2C)nc(COC)c1Br. The van der Waals surface area contributed by atoms with Crippen LogP contribution in [0.5, 0.6) is 0 Å². The highest BCUT2D eigenvalue weighted by molar-refractivity contribution is 9.10. The van der Waals surface area contributed by atoms with E-state index in [0.717, 1.165) is 34.8 Å². The molecular weight excluding hydrogens is 294 g/mol. The van der Waals surface area contributed by atoms with E-state index in [0.29, 0.717) is 18.4 Å². The molecule has 1 aromatic rings. The molecule has 2 rings (SSSR count). The van der Waals surface area contributed by atoms with Gasteiger partial charge in [-0.05, 0) is 34.7 Å². The Balaban J connectivity index is 2.28. The average molecular weight is 314 g/mol. The van der Waals surface area contributed by atoms with E-state index in [1.54, 1.807) is 7.11 Å². The molecule has 1 saturated carbocycles. The van der Waals surface area contributed by atoms with Gasteiger partial charge in [-0.15, -0.1) is 0 Å². The highest BCUT2D eigenvalue weighted by atomic mass is 79.9. The standard InChI is InChI=1S/C13H20BrN3O/c1-4-5-15-13-11(14)10(7-18-3)16-12(17-13)9-6-8(9)2/h8-9H,4-7H2,1-3H3,(H,15,16,17). The van der Waals surface area contributed by atoms with E-state index in [2.05, 4.69) is 45.1 Å². The average Bonchev–Trinajstić information content (AvgIpc) is 3.08. The predicted octanol–water partition coefficient (Wildman–Crippen LogP) is 3.33. The third-order valence-corrected chi connectivity index (χ3v) is 4.04. The molecule has 18 heavy (non-hydrogen) atoms. The number of halogens is 1. The lowest BCUT2D eigenvalue weighted by molar-refractivity contribution is 0.180. The van der Waals surface area contributed by atoms with E-state index in [1.807, 2.05) is 0 Å². The van der Waals surface area contributed by atoms with Gasteiger partial charge in [0.1, 0.15) is 11.6 Å². The molecule has 1 aliphatic rings. The van der Waals surface area contributed by atoms with Crippen molar-refractivity contribution in [3.8, 4) is 0 Å². The van der Waals surface area contributed by atoms with E-state index >= 15 is 0 Å². The van der Waals surface area contributed by atoms with Crippen molar-refractivity contribution in [1.29, 1.82) is 0 Å². The first kappa shape index (κ1) is 13.7. The molecule has 0 aromatic carbocycles. The predicted molar refractivity (Wildman–Crippen MR) is 75.7 cm³/mol. The first-order valence-corrected chi connectivity index (χ1v) is 7.25. The van der Waals surface area contributed by atoms with Crippen LogP contribution in [0.1, 0.15) is 44.1 Å². The zero-order valence-electron chi connectivity index (χ0n) is 11.2. The van der Waals surface area contributed by atoms with Gasteiger partial charge in [0.2, 0.25) is 0 Å². The van der Waals surface area contributed by atoms with E-state index in [9.17, 15) is 0 Å². The second-order valence-corrected chi connectivity index (χ2v) is 5.66. The van der Waals surface area contributed by atoms with Gasteiger partial charge >= 0.3 is 0 Å². The molecule has 1 aromatic heterocycles. The lowest BCUT2D eigenvalue weighted by atomic mass is 10.3. The number of aromatic nitrogens is 2. The summed E-state index contributed by atoms with van der Waals surface area (Å²) in [5, 5.41) is 3.35. The first-order chi connectivity index (χ1) is 8.67. The lowest BCUT2D eigenvalue weighted by Crippen LogP contribution is -2.09. The number of hydrogen-bond acceptors (Lipinski definition) is 4. The Bertz CT molecular complexity index is 425. The molecule has 0 radical (unpaired) electrons. The van der Waals surface area contributed by atoms with Crippen molar-refractivity contribution in [1.82, 2.24) is 9.97 Å². The fourth-order valence-corrected chi connectivity index (χ4v) is 2.39. The summed E-state index contributed by atoms with van der Waals surface area (Å²) in [7, 11) is 1.69. The van der Waals surface area contributed by atoms with E-state index in [4.69, 9.17) is 4.74 Å². The van der Waals surface area contributed by atoms with Gasteiger partial charge in [0.25, 0.3) is 0 Å². The van der Waals surface area contributed by atoms with Crippen LogP contribution in [0.4, 0.5) is 5.82 Å². The minimum Gasteiger partial charge on any atom is -0.378 e. The van der Waals surface area contributed by atoms with Crippen LogP contribution >= 0.6 is 15.9 Å². The Morgan fingerprint density at radius 3 is 2.72 bits per heavy atom. The van der Waals surface area contributed by atoms with Gasteiger partial charge in [-0.2, -0.15) is 0 Å². The summed E-state index contributed by atoms with van der Waals surface area (Å²) < 4.78 is 6.13. The second kappa shape index (κ2) is 5.97. The minimum absolute atomic E-state index is 0.512. The third kappa shape index (κ3) is 3.01. The van der Waals surface area contributed by atoms with Gasteiger partial charge in [-0.25, -0.2) is 9.97 Å². The molecule has 2 atom stereocenters. The fourth-order valence-electron chi connectivity index (χ4n) is 1.95. The molecule has 0 spiro atoms. The van der Waals surface area contributed by atoms with Crippen LogP contribution in [0.15, 0.2) is 4.47 Å². The maximum absolute atomic E-state index is 5.20. The van der Waals surface area contributed by atoms with Crippen molar-refractivity contribution in [3.05, 3.63) is 16.0 Å². The molecule has 1 N–H and O–H groups in total. The number of ether oxygens (including phenoxy) is 1. The number of anilines is 1. The maximum atomic E-state index is 5.20. The Labute approximate surface area is 117 Å². The van der Waals surface area contributed by atoms with Crippen LogP contribution in [-0.2, 0) is 11.3 Å². The van der Waals surface area contributed by atoms with Crippen LogP contribution in [0.3, 0.4) is 0 Å². The Morgan fingerprint density at radius 2 is 2.17 bits per heavy atom. The lowest BCUT2D eigenvalue weighted by Gasteiger charge is -2.12. The molecular formula is C13H20BrN3O. The first-order valence-electron chi connectivity index (χ1n) is 6.46. The van der Waals surface area contributed by atoms with E-state index < -0.39 is 0 Å². The smallest absolute Gasteiger partial charge is 0.144 e.